The Morgan fingerprint density at radius 2 is 1.75 bits per heavy atom. The molecule has 7 heteroatoms. The topological polar surface area (TPSA) is 73.8 Å². The molecular weight excluding hydrogens is 344 g/mol. The van der Waals surface area contributed by atoms with Crippen molar-refractivity contribution in [3.05, 3.63) is 65.2 Å². The molecule has 24 heavy (non-hydrogen) atoms. The van der Waals surface area contributed by atoms with Crippen LogP contribution >= 0.6 is 23.4 Å². The first-order valence-electron chi connectivity index (χ1n) is 7.38. The van der Waals surface area contributed by atoms with Crippen LogP contribution in [0.25, 0.3) is 11.4 Å². The van der Waals surface area contributed by atoms with Gasteiger partial charge < -0.3 is 5.73 Å². The SMILES string of the molecule is N[C@@H]1C(=O)n2c(nnc2-c2ccccc2Cl)S[C@@H]1c1ccccc1. The number of carbonyl (C=O) groups is 1. The number of nitrogens with two attached hydrogens (primary N) is 1. The van der Waals surface area contributed by atoms with Gasteiger partial charge in [0.1, 0.15) is 6.04 Å². The van der Waals surface area contributed by atoms with Gasteiger partial charge in [-0.05, 0) is 17.7 Å². The number of rotatable bonds is 2. The molecule has 0 unspecified atom stereocenters. The zero-order chi connectivity index (χ0) is 16.7. The van der Waals surface area contributed by atoms with Gasteiger partial charge in [-0.2, -0.15) is 0 Å². The van der Waals surface area contributed by atoms with Crippen LogP contribution < -0.4 is 5.73 Å². The lowest BCUT2D eigenvalue weighted by atomic mass is 10.0. The van der Waals surface area contributed by atoms with E-state index in [9.17, 15) is 4.79 Å². The van der Waals surface area contributed by atoms with Crippen molar-refractivity contribution in [2.45, 2.75) is 16.4 Å². The van der Waals surface area contributed by atoms with Crippen molar-refractivity contribution in [2.75, 3.05) is 0 Å². The second-order valence-corrected chi connectivity index (χ2v) is 6.95. The maximum atomic E-state index is 12.9. The minimum atomic E-state index is -0.679. The normalized spacial score (nSPS) is 20.0. The number of hydrogen-bond donors (Lipinski definition) is 1. The molecule has 0 radical (unpaired) electrons. The third-order valence-corrected chi connectivity index (χ3v) is 5.56. The molecule has 0 saturated heterocycles. The molecule has 120 valence electrons. The molecule has 0 amide bonds. The fourth-order valence-corrected chi connectivity index (χ4v) is 4.12. The van der Waals surface area contributed by atoms with E-state index >= 15 is 0 Å². The molecule has 2 atom stereocenters. The monoisotopic (exact) mass is 356 g/mol. The number of hydrogen-bond acceptors (Lipinski definition) is 5. The lowest BCUT2D eigenvalue weighted by Gasteiger charge is -2.27. The Balaban J connectivity index is 1.80. The van der Waals surface area contributed by atoms with Crippen LogP contribution in [0.3, 0.4) is 0 Å². The molecule has 2 heterocycles. The summed E-state index contributed by atoms with van der Waals surface area (Å²) < 4.78 is 1.47. The van der Waals surface area contributed by atoms with E-state index in [2.05, 4.69) is 10.2 Å². The molecule has 0 spiro atoms. The highest BCUT2D eigenvalue weighted by Crippen LogP contribution is 2.42. The van der Waals surface area contributed by atoms with Gasteiger partial charge >= 0.3 is 0 Å². The highest BCUT2D eigenvalue weighted by molar-refractivity contribution is 7.99. The molecule has 1 aliphatic heterocycles. The van der Waals surface area contributed by atoms with Crippen molar-refractivity contribution in [3.8, 4) is 11.4 Å². The summed E-state index contributed by atoms with van der Waals surface area (Å²) in [4.78, 5) is 12.9. The first-order chi connectivity index (χ1) is 11.7. The maximum Gasteiger partial charge on any atom is 0.252 e. The molecule has 4 rings (SSSR count). The molecule has 1 aliphatic rings. The quantitative estimate of drug-likeness (QED) is 0.761. The summed E-state index contributed by atoms with van der Waals surface area (Å²) in [7, 11) is 0. The van der Waals surface area contributed by atoms with Crippen LogP contribution in [-0.2, 0) is 0 Å². The standard InChI is InChI=1S/C17H13ClN4OS/c18-12-9-5-4-8-11(12)15-20-21-17-22(15)16(23)13(19)14(24-17)10-6-2-1-3-7-10/h1-9,13-14H,19H2/t13-,14+/m0/s1. The minimum absolute atomic E-state index is 0.186. The molecule has 0 saturated carbocycles. The summed E-state index contributed by atoms with van der Waals surface area (Å²) in [5.74, 6) is 0.201. The molecule has 0 fully saturated rings. The van der Waals surface area contributed by atoms with Crippen molar-refractivity contribution in [1.82, 2.24) is 14.8 Å². The van der Waals surface area contributed by atoms with E-state index in [0.29, 0.717) is 21.6 Å². The second-order valence-electron chi connectivity index (χ2n) is 5.43. The summed E-state index contributed by atoms with van der Waals surface area (Å²) in [6.07, 6.45) is 0. The van der Waals surface area contributed by atoms with Crippen molar-refractivity contribution in [1.29, 1.82) is 0 Å². The van der Waals surface area contributed by atoms with E-state index in [-0.39, 0.29) is 11.2 Å². The first-order valence-corrected chi connectivity index (χ1v) is 8.64. The molecule has 1 aromatic heterocycles. The largest absolute Gasteiger partial charge is 0.319 e. The van der Waals surface area contributed by atoms with Gasteiger partial charge in [-0.3, -0.25) is 4.79 Å². The van der Waals surface area contributed by atoms with Gasteiger partial charge in [0.2, 0.25) is 0 Å². The number of halogens is 1. The van der Waals surface area contributed by atoms with Gasteiger partial charge in [-0.15, -0.1) is 10.2 Å². The van der Waals surface area contributed by atoms with E-state index in [1.54, 1.807) is 6.07 Å². The molecular formula is C17H13ClN4OS. The van der Waals surface area contributed by atoms with E-state index in [4.69, 9.17) is 17.3 Å². The number of benzene rings is 2. The molecule has 3 aromatic rings. The summed E-state index contributed by atoms with van der Waals surface area (Å²) in [5.41, 5.74) is 7.90. The van der Waals surface area contributed by atoms with Crippen LogP contribution in [0.4, 0.5) is 0 Å². The fraction of sp³-hybridized carbons (Fsp3) is 0.118. The predicted octanol–water partition coefficient (Wildman–Crippen LogP) is 3.41. The number of aromatic nitrogens is 3. The van der Waals surface area contributed by atoms with Gasteiger partial charge in [-0.25, -0.2) is 4.57 Å². The van der Waals surface area contributed by atoms with E-state index in [1.165, 1.54) is 16.3 Å². The molecule has 5 nitrogen and oxygen atoms in total. The highest BCUT2D eigenvalue weighted by Gasteiger charge is 2.38. The van der Waals surface area contributed by atoms with Gasteiger partial charge in [0, 0.05) is 5.56 Å². The predicted molar refractivity (Wildman–Crippen MR) is 94.1 cm³/mol. The number of fused-ring (bicyclic) bond motifs is 1. The lowest BCUT2D eigenvalue weighted by Crippen LogP contribution is -2.42. The van der Waals surface area contributed by atoms with Crippen molar-refractivity contribution < 1.29 is 4.79 Å². The van der Waals surface area contributed by atoms with E-state index < -0.39 is 6.04 Å². The Kier molecular flexibility index (Phi) is 3.88. The first kappa shape index (κ1) is 15.4. The van der Waals surface area contributed by atoms with E-state index in [0.717, 1.165) is 5.56 Å². The number of thioether (sulfide) groups is 1. The van der Waals surface area contributed by atoms with Gasteiger partial charge in [0.15, 0.2) is 11.0 Å². The van der Waals surface area contributed by atoms with Crippen molar-refractivity contribution >= 4 is 29.3 Å². The molecule has 2 N–H and O–H groups in total. The van der Waals surface area contributed by atoms with E-state index in [1.807, 2.05) is 48.5 Å². The van der Waals surface area contributed by atoms with Crippen LogP contribution in [-0.4, -0.2) is 26.7 Å². The maximum absolute atomic E-state index is 12.9. The number of nitrogens with zero attached hydrogens (tertiary/aromatic N) is 3. The Labute approximate surface area is 147 Å². The fourth-order valence-electron chi connectivity index (χ4n) is 2.75. The highest BCUT2D eigenvalue weighted by atomic mass is 35.5. The molecule has 0 aliphatic carbocycles. The average Bonchev–Trinajstić information content (AvgIpc) is 3.03. The van der Waals surface area contributed by atoms with Crippen LogP contribution in [0.2, 0.25) is 5.02 Å². The second kappa shape index (κ2) is 6.05. The number of carbonyl (C=O) groups excluding carboxylic acids is 1. The van der Waals surface area contributed by atoms with Crippen LogP contribution in [0.15, 0.2) is 59.8 Å². The smallest absolute Gasteiger partial charge is 0.252 e. The molecule has 2 aromatic carbocycles. The van der Waals surface area contributed by atoms with Crippen LogP contribution in [0, 0.1) is 0 Å². The van der Waals surface area contributed by atoms with Gasteiger partial charge in [0.05, 0.1) is 10.3 Å². The van der Waals surface area contributed by atoms with Gasteiger partial charge in [-0.1, -0.05) is 65.8 Å². The van der Waals surface area contributed by atoms with Crippen molar-refractivity contribution in [2.24, 2.45) is 5.73 Å². The summed E-state index contributed by atoms with van der Waals surface area (Å²) in [6, 6.07) is 16.3. The summed E-state index contributed by atoms with van der Waals surface area (Å²) in [6.45, 7) is 0. The lowest BCUT2D eigenvalue weighted by molar-refractivity contribution is 0.0862. The van der Waals surface area contributed by atoms with Crippen LogP contribution in [0.5, 0.6) is 0 Å². The third kappa shape index (κ3) is 2.43. The van der Waals surface area contributed by atoms with Crippen LogP contribution in [0.1, 0.15) is 15.6 Å². The Morgan fingerprint density at radius 3 is 2.50 bits per heavy atom. The van der Waals surface area contributed by atoms with Crippen molar-refractivity contribution in [3.63, 3.8) is 0 Å². The zero-order valence-electron chi connectivity index (χ0n) is 12.5. The zero-order valence-corrected chi connectivity index (χ0v) is 14.0. The Morgan fingerprint density at radius 1 is 1.04 bits per heavy atom. The summed E-state index contributed by atoms with van der Waals surface area (Å²) in [5, 5.41) is 9.21. The van der Waals surface area contributed by atoms with Gasteiger partial charge in [0.25, 0.3) is 5.91 Å². The third-order valence-electron chi connectivity index (χ3n) is 3.94. The summed E-state index contributed by atoms with van der Waals surface area (Å²) >= 11 is 7.68. The average molecular weight is 357 g/mol. The minimum Gasteiger partial charge on any atom is -0.319 e. The Bertz CT molecular complexity index is 912. The molecule has 0 bridgehead atoms. The Hall–Kier alpha value is -2.15.